The Bertz CT molecular complexity index is 415. The first-order chi connectivity index (χ1) is 11.6. The van der Waals surface area contributed by atoms with Gasteiger partial charge in [0.25, 0.3) is 0 Å². The second-order valence-electron chi connectivity index (χ2n) is 8.29. The maximum absolute atomic E-state index is 12.1. The van der Waals surface area contributed by atoms with Gasteiger partial charge in [-0.3, -0.25) is 0 Å². The maximum Gasteiger partial charge on any atom is 0.317 e. The van der Waals surface area contributed by atoms with Gasteiger partial charge in [0, 0.05) is 39.0 Å². The number of ether oxygens (including phenoxy) is 2. The Hall–Kier alpha value is -0.810. The molecule has 2 saturated heterocycles. The zero-order valence-electron chi connectivity index (χ0n) is 15.4. The number of amides is 2. The summed E-state index contributed by atoms with van der Waals surface area (Å²) in [4.78, 5) is 14.1. The highest BCUT2D eigenvalue weighted by atomic mass is 16.5. The van der Waals surface area contributed by atoms with E-state index in [9.17, 15) is 4.79 Å². The molecule has 1 N–H and O–H groups in total. The van der Waals surface area contributed by atoms with Crippen molar-refractivity contribution in [1.82, 2.24) is 10.2 Å². The summed E-state index contributed by atoms with van der Waals surface area (Å²) in [5.74, 6) is 1.57. The van der Waals surface area contributed by atoms with E-state index in [0.29, 0.717) is 5.92 Å². The first kappa shape index (κ1) is 18.0. The molecular weight excluding hydrogens is 304 g/mol. The fourth-order valence-electron chi connectivity index (χ4n) is 3.96. The number of hydrogen-bond acceptors (Lipinski definition) is 3. The molecular formula is C19H34N2O3. The minimum absolute atomic E-state index is 0.00796. The van der Waals surface area contributed by atoms with Crippen molar-refractivity contribution >= 4 is 6.03 Å². The van der Waals surface area contributed by atoms with Crippen LogP contribution in [-0.2, 0) is 9.47 Å². The number of urea groups is 1. The Balaban J connectivity index is 1.40. The molecule has 0 bridgehead atoms. The molecule has 2 heterocycles. The van der Waals surface area contributed by atoms with Crippen LogP contribution in [-0.4, -0.2) is 55.5 Å². The summed E-state index contributed by atoms with van der Waals surface area (Å²) >= 11 is 0. The van der Waals surface area contributed by atoms with Gasteiger partial charge in [0.1, 0.15) is 0 Å². The van der Waals surface area contributed by atoms with Crippen LogP contribution < -0.4 is 5.32 Å². The lowest BCUT2D eigenvalue weighted by molar-refractivity contribution is -0.125. The third kappa shape index (κ3) is 5.09. The van der Waals surface area contributed by atoms with Gasteiger partial charge in [0.15, 0.2) is 0 Å². The van der Waals surface area contributed by atoms with Crippen LogP contribution >= 0.6 is 0 Å². The summed E-state index contributed by atoms with van der Waals surface area (Å²) in [6, 6.07) is 0.264. The number of nitrogens with one attached hydrogen (secondary N) is 1. The van der Waals surface area contributed by atoms with Gasteiger partial charge in [-0.1, -0.05) is 0 Å². The van der Waals surface area contributed by atoms with Crippen molar-refractivity contribution in [2.75, 3.05) is 32.9 Å². The number of rotatable bonds is 6. The number of hydrogen-bond donors (Lipinski definition) is 1. The average molecular weight is 338 g/mol. The van der Waals surface area contributed by atoms with Crippen LogP contribution in [0.2, 0.25) is 0 Å². The van der Waals surface area contributed by atoms with Gasteiger partial charge < -0.3 is 19.7 Å². The Morgan fingerprint density at radius 2 is 2.00 bits per heavy atom. The molecule has 3 fully saturated rings. The molecule has 5 nitrogen and oxygen atoms in total. The van der Waals surface area contributed by atoms with E-state index in [4.69, 9.17) is 9.47 Å². The molecule has 2 aliphatic heterocycles. The van der Waals surface area contributed by atoms with E-state index in [1.807, 2.05) is 18.7 Å². The molecule has 1 aliphatic carbocycles. The number of carbonyl (C=O) groups excluding carboxylic acids is 1. The monoisotopic (exact) mass is 338 g/mol. The molecule has 138 valence electrons. The lowest BCUT2D eigenvalue weighted by Gasteiger charge is -2.46. The minimum Gasteiger partial charge on any atom is -0.381 e. The van der Waals surface area contributed by atoms with Crippen molar-refractivity contribution in [3.8, 4) is 0 Å². The molecule has 5 heteroatoms. The molecule has 2 amide bonds. The summed E-state index contributed by atoms with van der Waals surface area (Å²) in [6.07, 6.45) is 8.12. The van der Waals surface area contributed by atoms with Gasteiger partial charge in [-0.25, -0.2) is 4.79 Å². The Morgan fingerprint density at radius 1 is 1.25 bits per heavy atom. The molecule has 3 rings (SSSR count). The van der Waals surface area contributed by atoms with Gasteiger partial charge in [-0.05, 0) is 70.6 Å². The van der Waals surface area contributed by atoms with E-state index in [0.717, 1.165) is 70.9 Å². The fraction of sp³-hybridized carbons (Fsp3) is 0.947. The summed E-state index contributed by atoms with van der Waals surface area (Å²) in [7, 11) is 0. The topological polar surface area (TPSA) is 50.8 Å². The van der Waals surface area contributed by atoms with Crippen molar-refractivity contribution in [3.05, 3.63) is 0 Å². The zero-order valence-corrected chi connectivity index (χ0v) is 15.4. The molecule has 0 aromatic heterocycles. The number of nitrogens with zero attached hydrogens (tertiary/aromatic N) is 1. The molecule has 24 heavy (non-hydrogen) atoms. The summed E-state index contributed by atoms with van der Waals surface area (Å²) in [5, 5.41) is 2.99. The van der Waals surface area contributed by atoms with E-state index >= 15 is 0 Å². The van der Waals surface area contributed by atoms with E-state index < -0.39 is 0 Å². The fourth-order valence-corrected chi connectivity index (χ4v) is 3.96. The molecule has 0 aromatic carbocycles. The molecule has 0 radical (unpaired) electrons. The van der Waals surface area contributed by atoms with Crippen LogP contribution in [0, 0.1) is 11.8 Å². The van der Waals surface area contributed by atoms with Crippen LogP contribution in [0.5, 0.6) is 0 Å². The van der Waals surface area contributed by atoms with Crippen molar-refractivity contribution in [2.24, 2.45) is 11.8 Å². The lowest BCUT2D eigenvalue weighted by Crippen LogP contribution is -2.53. The van der Waals surface area contributed by atoms with Crippen LogP contribution in [0.3, 0.4) is 0 Å². The normalized spacial score (nSPS) is 26.8. The Kier molecular flexibility index (Phi) is 6.03. The highest BCUT2D eigenvalue weighted by molar-refractivity contribution is 5.74. The van der Waals surface area contributed by atoms with E-state index in [-0.39, 0.29) is 17.7 Å². The first-order valence-electron chi connectivity index (χ1n) is 9.83. The van der Waals surface area contributed by atoms with Crippen molar-refractivity contribution in [1.29, 1.82) is 0 Å². The summed E-state index contributed by atoms with van der Waals surface area (Å²) in [6.45, 7) is 8.36. The predicted molar refractivity (Wildman–Crippen MR) is 94.0 cm³/mol. The Labute approximate surface area is 146 Å². The molecule has 1 atom stereocenters. The van der Waals surface area contributed by atoms with Gasteiger partial charge >= 0.3 is 6.03 Å². The van der Waals surface area contributed by atoms with Crippen LogP contribution in [0.4, 0.5) is 4.79 Å². The van der Waals surface area contributed by atoms with Gasteiger partial charge in [-0.2, -0.15) is 0 Å². The van der Waals surface area contributed by atoms with Crippen LogP contribution in [0.25, 0.3) is 0 Å². The number of likely N-dealkylation sites (tertiary alicyclic amines) is 1. The summed E-state index contributed by atoms with van der Waals surface area (Å²) in [5.41, 5.74) is 0.00796. The van der Waals surface area contributed by atoms with Crippen molar-refractivity contribution in [3.63, 3.8) is 0 Å². The predicted octanol–water partition coefficient (Wildman–Crippen LogP) is 3.18. The molecule has 1 spiro atoms. The quantitative estimate of drug-likeness (QED) is 0.757. The third-order valence-corrected chi connectivity index (χ3v) is 5.69. The van der Waals surface area contributed by atoms with Crippen LogP contribution in [0.1, 0.15) is 58.8 Å². The van der Waals surface area contributed by atoms with E-state index in [2.05, 4.69) is 5.32 Å². The molecule has 1 unspecified atom stereocenters. The highest BCUT2D eigenvalue weighted by Gasteiger charge is 2.41. The average Bonchev–Trinajstić information content (AvgIpc) is 3.36. The number of carbonyl (C=O) groups is 1. The zero-order chi connectivity index (χ0) is 17.0. The standard InChI is InChI=1S/C19H34N2O3/c1-15(2)20-18(22)21-9-7-19(8-10-21)13-16(6-12-24-19)5-11-23-14-17-3-4-17/h15-17H,3-14H2,1-2H3,(H,20,22). The van der Waals surface area contributed by atoms with E-state index in [1.165, 1.54) is 12.8 Å². The lowest BCUT2D eigenvalue weighted by atomic mass is 9.78. The van der Waals surface area contributed by atoms with Crippen molar-refractivity contribution in [2.45, 2.75) is 70.4 Å². The minimum atomic E-state index is 0.00796. The van der Waals surface area contributed by atoms with Crippen LogP contribution in [0.15, 0.2) is 0 Å². The SMILES string of the molecule is CC(C)NC(=O)N1CCC2(CC1)CC(CCOCC1CC1)CCO2. The van der Waals surface area contributed by atoms with E-state index in [1.54, 1.807) is 0 Å². The smallest absolute Gasteiger partial charge is 0.317 e. The summed E-state index contributed by atoms with van der Waals surface area (Å²) < 4.78 is 12.0. The van der Waals surface area contributed by atoms with Gasteiger partial charge in [0.05, 0.1) is 5.60 Å². The maximum atomic E-state index is 12.1. The molecule has 0 aromatic rings. The highest BCUT2D eigenvalue weighted by Crippen LogP contribution is 2.39. The van der Waals surface area contributed by atoms with Gasteiger partial charge in [0.2, 0.25) is 0 Å². The Morgan fingerprint density at radius 3 is 2.67 bits per heavy atom. The second kappa shape index (κ2) is 8.05. The first-order valence-corrected chi connectivity index (χ1v) is 9.83. The van der Waals surface area contributed by atoms with Crippen molar-refractivity contribution < 1.29 is 14.3 Å². The third-order valence-electron chi connectivity index (χ3n) is 5.69. The largest absolute Gasteiger partial charge is 0.381 e. The molecule has 3 aliphatic rings. The number of piperidine rings is 1. The second-order valence-corrected chi connectivity index (χ2v) is 8.29. The molecule has 1 saturated carbocycles. The van der Waals surface area contributed by atoms with Gasteiger partial charge in [-0.15, -0.1) is 0 Å².